The number of aryl methyl sites for hydroxylation is 2. The number of ether oxygens (including phenoxy) is 1. The third-order valence-electron chi connectivity index (χ3n) is 2.41. The molecule has 3 nitrogen and oxygen atoms in total. The van der Waals surface area contributed by atoms with Crippen LogP contribution in [0.2, 0.25) is 0 Å². The van der Waals surface area contributed by atoms with E-state index in [0.29, 0.717) is 5.75 Å². The standard InChI is InChI=1S/C12H14NO2/c1-4-5-13-10-7-8(2)6-9(3)11(10)15-12(13)14/h5-7H,4H2,1-3H3/q+1/b13-5+. The van der Waals surface area contributed by atoms with E-state index < -0.39 is 0 Å². The molecule has 1 aliphatic heterocycles. The second kappa shape index (κ2) is 3.50. The fourth-order valence-electron chi connectivity index (χ4n) is 1.83. The van der Waals surface area contributed by atoms with Crippen molar-refractivity contribution in [2.24, 2.45) is 0 Å². The Hall–Kier alpha value is -1.64. The van der Waals surface area contributed by atoms with Crippen LogP contribution in [0.15, 0.2) is 12.1 Å². The molecule has 0 fully saturated rings. The summed E-state index contributed by atoms with van der Waals surface area (Å²) in [5.41, 5.74) is 3.00. The van der Waals surface area contributed by atoms with Gasteiger partial charge in [-0.05, 0) is 25.0 Å². The number of benzene rings is 1. The zero-order valence-corrected chi connectivity index (χ0v) is 9.20. The van der Waals surface area contributed by atoms with E-state index >= 15 is 0 Å². The first-order chi connectivity index (χ1) is 7.13. The van der Waals surface area contributed by atoms with E-state index in [1.54, 1.807) is 4.58 Å². The van der Waals surface area contributed by atoms with Crippen LogP contribution in [0.3, 0.4) is 0 Å². The van der Waals surface area contributed by atoms with Gasteiger partial charge in [-0.2, -0.15) is 4.79 Å². The van der Waals surface area contributed by atoms with Crippen LogP contribution in [0.25, 0.3) is 0 Å². The van der Waals surface area contributed by atoms with E-state index in [2.05, 4.69) is 0 Å². The number of nitrogens with zero attached hydrogens (tertiary/aromatic N) is 1. The van der Waals surface area contributed by atoms with Crippen molar-refractivity contribution in [2.75, 3.05) is 0 Å². The van der Waals surface area contributed by atoms with Crippen LogP contribution in [-0.4, -0.2) is 16.9 Å². The summed E-state index contributed by atoms with van der Waals surface area (Å²) in [6.07, 6.45) is 2.34. The van der Waals surface area contributed by atoms with Gasteiger partial charge in [0.05, 0.1) is 0 Å². The zero-order valence-electron chi connectivity index (χ0n) is 9.20. The fourth-order valence-corrected chi connectivity index (χ4v) is 1.83. The zero-order chi connectivity index (χ0) is 11.0. The quantitative estimate of drug-likeness (QED) is 0.658. The Morgan fingerprint density at radius 3 is 2.80 bits per heavy atom. The number of hydrogen-bond donors (Lipinski definition) is 0. The summed E-state index contributed by atoms with van der Waals surface area (Å²) < 4.78 is 6.79. The minimum absolute atomic E-state index is 0.305. The summed E-state index contributed by atoms with van der Waals surface area (Å²) in [6, 6.07) is 3.99. The Labute approximate surface area is 89.0 Å². The lowest BCUT2D eigenvalue weighted by molar-refractivity contribution is -0.329. The van der Waals surface area contributed by atoms with Crippen molar-refractivity contribution in [3.05, 3.63) is 23.3 Å². The first kappa shape index (κ1) is 9.90. The lowest BCUT2D eigenvalue weighted by Gasteiger charge is -1.97. The van der Waals surface area contributed by atoms with Gasteiger partial charge in [-0.3, -0.25) is 0 Å². The Kier molecular flexibility index (Phi) is 2.31. The maximum absolute atomic E-state index is 11.6. The van der Waals surface area contributed by atoms with Gasteiger partial charge in [-0.15, -0.1) is 0 Å². The summed E-state index contributed by atoms with van der Waals surface area (Å²) in [7, 11) is 0. The van der Waals surface area contributed by atoms with Crippen LogP contribution in [0.5, 0.6) is 5.75 Å². The van der Waals surface area contributed by atoms with Crippen LogP contribution in [-0.2, 0) is 0 Å². The van der Waals surface area contributed by atoms with Crippen LogP contribution in [0.1, 0.15) is 24.5 Å². The predicted molar refractivity (Wildman–Crippen MR) is 58.2 cm³/mol. The molecule has 0 unspecified atom stereocenters. The Bertz CT molecular complexity index is 461. The molecule has 1 aromatic rings. The monoisotopic (exact) mass is 204 g/mol. The lowest BCUT2D eigenvalue weighted by Crippen LogP contribution is -2.13. The van der Waals surface area contributed by atoms with E-state index in [1.165, 1.54) is 0 Å². The van der Waals surface area contributed by atoms with Gasteiger partial charge in [-0.1, -0.05) is 17.6 Å². The molecule has 0 N–H and O–H groups in total. The molecule has 0 radical (unpaired) electrons. The first-order valence-electron chi connectivity index (χ1n) is 5.09. The predicted octanol–water partition coefficient (Wildman–Crippen LogP) is 2.94. The number of rotatable bonds is 1. The van der Waals surface area contributed by atoms with E-state index in [9.17, 15) is 4.79 Å². The molecule has 2 rings (SSSR count). The van der Waals surface area contributed by atoms with Gasteiger partial charge in [0.25, 0.3) is 5.69 Å². The molecule has 1 aromatic carbocycles. The summed E-state index contributed by atoms with van der Waals surface area (Å²) >= 11 is 0. The molecular formula is C12H14NO2+. The van der Waals surface area contributed by atoms with Crippen molar-refractivity contribution >= 4 is 18.0 Å². The van der Waals surface area contributed by atoms with Gasteiger partial charge in [0.1, 0.15) is 0 Å². The molecule has 0 saturated heterocycles. The van der Waals surface area contributed by atoms with E-state index in [-0.39, 0.29) is 6.09 Å². The average Bonchev–Trinajstić information content (AvgIpc) is 2.46. The summed E-state index contributed by atoms with van der Waals surface area (Å²) in [5.74, 6) is 0.690. The van der Waals surface area contributed by atoms with E-state index in [4.69, 9.17) is 4.74 Å². The maximum atomic E-state index is 11.6. The SMILES string of the molecule is CC/C=[N+]1/C(=O)Oc2c(C)cc(C)cc21. The van der Waals surface area contributed by atoms with E-state index in [1.807, 2.05) is 39.1 Å². The molecule has 0 aliphatic carbocycles. The minimum atomic E-state index is -0.305. The highest BCUT2D eigenvalue weighted by Gasteiger charge is 2.37. The van der Waals surface area contributed by atoms with Gasteiger partial charge in [0, 0.05) is 12.5 Å². The summed E-state index contributed by atoms with van der Waals surface area (Å²) in [4.78, 5) is 11.6. The van der Waals surface area contributed by atoms with Gasteiger partial charge in [0.15, 0.2) is 6.21 Å². The molecule has 78 valence electrons. The average molecular weight is 204 g/mol. The number of fused-ring (bicyclic) bond motifs is 1. The van der Waals surface area contributed by atoms with Gasteiger partial charge >= 0.3 is 6.09 Å². The highest BCUT2D eigenvalue weighted by atomic mass is 16.6. The Morgan fingerprint density at radius 2 is 2.13 bits per heavy atom. The maximum Gasteiger partial charge on any atom is 0.608 e. The lowest BCUT2D eigenvalue weighted by atomic mass is 10.1. The fraction of sp³-hybridized carbons (Fsp3) is 0.333. The van der Waals surface area contributed by atoms with Crippen LogP contribution >= 0.6 is 0 Å². The molecule has 0 aromatic heterocycles. The van der Waals surface area contributed by atoms with Crippen LogP contribution < -0.4 is 4.74 Å². The number of amides is 1. The molecule has 1 aliphatic rings. The molecule has 1 heterocycles. The minimum Gasteiger partial charge on any atom is -0.365 e. The molecule has 0 spiro atoms. The van der Waals surface area contributed by atoms with Crippen molar-refractivity contribution < 1.29 is 14.1 Å². The third kappa shape index (κ3) is 1.54. The van der Waals surface area contributed by atoms with Crippen molar-refractivity contribution in [3.8, 4) is 5.75 Å². The largest absolute Gasteiger partial charge is 0.608 e. The first-order valence-corrected chi connectivity index (χ1v) is 5.09. The molecular weight excluding hydrogens is 190 g/mol. The number of carbonyl (C=O) groups excluding carboxylic acids is 1. The van der Waals surface area contributed by atoms with Crippen molar-refractivity contribution in [2.45, 2.75) is 27.2 Å². The van der Waals surface area contributed by atoms with E-state index in [0.717, 1.165) is 23.2 Å². The topological polar surface area (TPSA) is 29.3 Å². The van der Waals surface area contributed by atoms with Crippen molar-refractivity contribution in [3.63, 3.8) is 0 Å². The molecule has 0 bridgehead atoms. The molecule has 0 atom stereocenters. The highest BCUT2D eigenvalue weighted by molar-refractivity contribution is 5.80. The third-order valence-corrected chi connectivity index (χ3v) is 2.41. The van der Waals surface area contributed by atoms with Crippen molar-refractivity contribution in [1.82, 2.24) is 0 Å². The Balaban J connectivity index is 2.63. The van der Waals surface area contributed by atoms with Gasteiger partial charge < -0.3 is 4.74 Å². The normalized spacial score (nSPS) is 16.7. The van der Waals surface area contributed by atoms with Gasteiger partial charge in [0.2, 0.25) is 5.75 Å². The van der Waals surface area contributed by atoms with Crippen LogP contribution in [0, 0.1) is 13.8 Å². The van der Waals surface area contributed by atoms with Crippen LogP contribution in [0.4, 0.5) is 10.5 Å². The molecule has 3 heteroatoms. The number of carbonyl (C=O) groups is 1. The molecule has 15 heavy (non-hydrogen) atoms. The summed E-state index contributed by atoms with van der Waals surface area (Å²) in [6.45, 7) is 5.96. The second-order valence-corrected chi connectivity index (χ2v) is 3.76. The number of hydrogen-bond acceptors (Lipinski definition) is 2. The van der Waals surface area contributed by atoms with Gasteiger partial charge in [-0.25, -0.2) is 0 Å². The van der Waals surface area contributed by atoms with Crippen molar-refractivity contribution in [1.29, 1.82) is 0 Å². The summed E-state index contributed by atoms with van der Waals surface area (Å²) in [5, 5.41) is 0. The second-order valence-electron chi connectivity index (χ2n) is 3.76. The molecule has 1 amide bonds. The Morgan fingerprint density at radius 1 is 1.40 bits per heavy atom. The molecule has 0 saturated carbocycles. The highest BCUT2D eigenvalue weighted by Crippen LogP contribution is 2.37. The smallest absolute Gasteiger partial charge is 0.365 e.